The van der Waals surface area contributed by atoms with Gasteiger partial charge in [-0.25, -0.2) is 0 Å². The van der Waals surface area contributed by atoms with Gasteiger partial charge >= 0.3 is 0 Å². The summed E-state index contributed by atoms with van der Waals surface area (Å²) in [5, 5.41) is 3.94. The lowest BCUT2D eigenvalue weighted by Crippen LogP contribution is -2.30. The minimum Gasteiger partial charge on any atom is -0.383 e. The molecular formula is C6H12N2OS. The van der Waals surface area contributed by atoms with Crippen molar-refractivity contribution in [2.75, 3.05) is 33.4 Å². The lowest BCUT2D eigenvalue weighted by Gasteiger charge is -2.14. The molecule has 1 N–H and O–H groups in total. The van der Waals surface area contributed by atoms with E-state index in [4.69, 9.17) is 17.0 Å². The summed E-state index contributed by atoms with van der Waals surface area (Å²) in [5.74, 6) is 0. The molecule has 4 heteroatoms. The number of nitrogens with one attached hydrogen (secondary N) is 1. The summed E-state index contributed by atoms with van der Waals surface area (Å²) in [6.45, 7) is 3.65. The molecule has 10 heavy (non-hydrogen) atoms. The van der Waals surface area contributed by atoms with E-state index in [0.717, 1.165) is 31.4 Å². The summed E-state index contributed by atoms with van der Waals surface area (Å²) in [7, 11) is 1.70. The van der Waals surface area contributed by atoms with E-state index in [0.29, 0.717) is 0 Å². The molecule has 0 aromatic rings. The van der Waals surface area contributed by atoms with Crippen LogP contribution in [0.15, 0.2) is 0 Å². The Morgan fingerprint density at radius 1 is 1.80 bits per heavy atom. The minimum absolute atomic E-state index is 0.752. The Morgan fingerprint density at radius 3 is 3.10 bits per heavy atom. The molecule has 58 valence electrons. The van der Waals surface area contributed by atoms with Gasteiger partial charge in [-0.05, 0) is 12.2 Å². The maximum Gasteiger partial charge on any atom is 0.169 e. The van der Waals surface area contributed by atoms with E-state index in [-0.39, 0.29) is 0 Å². The summed E-state index contributed by atoms with van der Waals surface area (Å²) in [5.41, 5.74) is 0. The molecule has 0 aliphatic carbocycles. The molecule has 0 spiro atoms. The number of hydrogen-bond donors (Lipinski definition) is 1. The van der Waals surface area contributed by atoms with Crippen molar-refractivity contribution >= 4 is 17.3 Å². The topological polar surface area (TPSA) is 24.5 Å². The van der Waals surface area contributed by atoms with Gasteiger partial charge in [0, 0.05) is 26.7 Å². The van der Waals surface area contributed by atoms with Crippen molar-refractivity contribution in [3.8, 4) is 0 Å². The van der Waals surface area contributed by atoms with Crippen molar-refractivity contribution in [1.29, 1.82) is 0 Å². The van der Waals surface area contributed by atoms with Crippen molar-refractivity contribution in [1.82, 2.24) is 10.2 Å². The van der Waals surface area contributed by atoms with Gasteiger partial charge in [-0.1, -0.05) is 0 Å². The summed E-state index contributed by atoms with van der Waals surface area (Å²) in [4.78, 5) is 2.11. The fourth-order valence-corrected chi connectivity index (χ4v) is 1.21. The Morgan fingerprint density at radius 2 is 2.60 bits per heavy atom. The van der Waals surface area contributed by atoms with Gasteiger partial charge in [0.15, 0.2) is 5.11 Å². The fraction of sp³-hybridized carbons (Fsp3) is 0.833. The predicted octanol–water partition coefficient (Wildman–Crippen LogP) is -0.177. The second-order valence-electron chi connectivity index (χ2n) is 2.21. The zero-order chi connectivity index (χ0) is 7.40. The van der Waals surface area contributed by atoms with Crippen LogP contribution >= 0.6 is 12.2 Å². The van der Waals surface area contributed by atoms with Gasteiger partial charge in [0.2, 0.25) is 0 Å². The highest BCUT2D eigenvalue weighted by molar-refractivity contribution is 7.80. The van der Waals surface area contributed by atoms with Gasteiger partial charge in [0.25, 0.3) is 0 Å². The summed E-state index contributed by atoms with van der Waals surface area (Å²) < 4.78 is 4.92. The number of nitrogens with zero attached hydrogens (tertiary/aromatic N) is 1. The molecule has 0 bridgehead atoms. The third kappa shape index (κ3) is 1.82. The average molecular weight is 160 g/mol. The van der Waals surface area contributed by atoms with Crippen LogP contribution in [0.4, 0.5) is 0 Å². The van der Waals surface area contributed by atoms with E-state index >= 15 is 0 Å². The second kappa shape index (κ2) is 3.73. The highest BCUT2D eigenvalue weighted by atomic mass is 32.1. The maximum atomic E-state index is 5.01. The van der Waals surface area contributed by atoms with Gasteiger partial charge < -0.3 is 15.0 Å². The van der Waals surface area contributed by atoms with Crippen LogP contribution in [0.2, 0.25) is 0 Å². The molecule has 1 aliphatic heterocycles. The average Bonchev–Trinajstić information content (AvgIpc) is 2.31. The molecule has 1 fully saturated rings. The maximum absolute atomic E-state index is 5.01. The lowest BCUT2D eigenvalue weighted by molar-refractivity contribution is 0.180. The van der Waals surface area contributed by atoms with Crippen LogP contribution in [0.25, 0.3) is 0 Å². The number of thiocarbonyl (C=S) groups is 1. The summed E-state index contributed by atoms with van der Waals surface area (Å²) >= 11 is 5.01. The number of ether oxygens (including phenoxy) is 1. The first-order valence-corrected chi connectivity index (χ1v) is 3.77. The van der Waals surface area contributed by atoms with Gasteiger partial charge in [0.1, 0.15) is 0 Å². The Labute approximate surface area is 66.3 Å². The first kappa shape index (κ1) is 7.75. The molecule has 0 aromatic heterocycles. The van der Waals surface area contributed by atoms with Crippen molar-refractivity contribution in [3.05, 3.63) is 0 Å². The first-order chi connectivity index (χ1) is 4.84. The van der Waals surface area contributed by atoms with Crippen molar-refractivity contribution in [3.63, 3.8) is 0 Å². The van der Waals surface area contributed by atoms with Crippen LogP contribution in [-0.4, -0.2) is 43.4 Å². The molecule has 1 heterocycles. The van der Waals surface area contributed by atoms with Crippen molar-refractivity contribution in [2.24, 2.45) is 0 Å². The van der Waals surface area contributed by atoms with Crippen LogP contribution in [0.1, 0.15) is 0 Å². The normalized spacial score (nSPS) is 17.7. The Balaban J connectivity index is 2.20. The lowest BCUT2D eigenvalue weighted by atomic mass is 10.5. The van der Waals surface area contributed by atoms with E-state index in [1.807, 2.05) is 0 Å². The third-order valence-electron chi connectivity index (χ3n) is 1.51. The van der Waals surface area contributed by atoms with E-state index in [2.05, 4.69) is 10.2 Å². The van der Waals surface area contributed by atoms with E-state index < -0.39 is 0 Å². The van der Waals surface area contributed by atoms with E-state index in [9.17, 15) is 0 Å². The van der Waals surface area contributed by atoms with Crippen LogP contribution < -0.4 is 5.32 Å². The smallest absolute Gasteiger partial charge is 0.169 e. The largest absolute Gasteiger partial charge is 0.383 e. The summed E-state index contributed by atoms with van der Waals surface area (Å²) in [6, 6.07) is 0. The first-order valence-electron chi connectivity index (χ1n) is 3.36. The Hall–Kier alpha value is -0.350. The van der Waals surface area contributed by atoms with Crippen LogP contribution in [0, 0.1) is 0 Å². The van der Waals surface area contributed by atoms with Crippen molar-refractivity contribution in [2.45, 2.75) is 0 Å². The molecule has 0 amide bonds. The second-order valence-corrected chi connectivity index (χ2v) is 2.60. The molecule has 0 atom stereocenters. The highest BCUT2D eigenvalue weighted by Crippen LogP contribution is 1.95. The monoisotopic (exact) mass is 160 g/mol. The molecule has 0 saturated carbocycles. The molecule has 0 aromatic carbocycles. The SMILES string of the molecule is COCCN1CCNC1=S. The van der Waals surface area contributed by atoms with Gasteiger partial charge in [-0.2, -0.15) is 0 Å². The van der Waals surface area contributed by atoms with E-state index in [1.54, 1.807) is 7.11 Å². The number of rotatable bonds is 3. The Bertz CT molecular complexity index is 129. The minimum atomic E-state index is 0.752. The standard InChI is InChI=1S/C6H12N2OS/c1-9-5-4-8-3-2-7-6(8)10/h2-5H2,1H3,(H,7,10). The zero-order valence-electron chi connectivity index (χ0n) is 6.09. The molecule has 3 nitrogen and oxygen atoms in total. The molecular weight excluding hydrogens is 148 g/mol. The molecule has 0 radical (unpaired) electrons. The van der Waals surface area contributed by atoms with Crippen LogP contribution in [0.3, 0.4) is 0 Å². The van der Waals surface area contributed by atoms with Gasteiger partial charge in [-0.3, -0.25) is 0 Å². The van der Waals surface area contributed by atoms with E-state index in [1.165, 1.54) is 0 Å². The predicted molar refractivity (Wildman–Crippen MR) is 44.0 cm³/mol. The highest BCUT2D eigenvalue weighted by Gasteiger charge is 2.13. The van der Waals surface area contributed by atoms with Gasteiger partial charge in [0.05, 0.1) is 6.61 Å². The molecule has 1 aliphatic rings. The fourth-order valence-electron chi connectivity index (χ4n) is 0.926. The molecule has 1 rings (SSSR count). The number of hydrogen-bond acceptors (Lipinski definition) is 2. The van der Waals surface area contributed by atoms with Crippen LogP contribution in [-0.2, 0) is 4.74 Å². The third-order valence-corrected chi connectivity index (χ3v) is 1.91. The molecule has 1 saturated heterocycles. The molecule has 0 unspecified atom stereocenters. The quantitative estimate of drug-likeness (QED) is 0.579. The van der Waals surface area contributed by atoms with Crippen molar-refractivity contribution < 1.29 is 4.74 Å². The Kier molecular flexibility index (Phi) is 2.89. The number of methoxy groups -OCH3 is 1. The zero-order valence-corrected chi connectivity index (χ0v) is 6.91. The summed E-state index contributed by atoms with van der Waals surface area (Å²) in [6.07, 6.45) is 0. The van der Waals surface area contributed by atoms with Crippen LogP contribution in [0.5, 0.6) is 0 Å². The van der Waals surface area contributed by atoms with Gasteiger partial charge in [-0.15, -0.1) is 0 Å².